The van der Waals surface area contributed by atoms with Crippen molar-refractivity contribution < 1.29 is 14.3 Å². The quantitative estimate of drug-likeness (QED) is 0.774. The van der Waals surface area contributed by atoms with E-state index in [9.17, 15) is 9.59 Å². The Morgan fingerprint density at radius 1 is 1.39 bits per heavy atom. The monoisotopic (exact) mass is 272 g/mol. The molecule has 0 saturated carbocycles. The molecule has 0 unspecified atom stereocenters. The molecule has 2 heterocycles. The molecule has 2 aliphatic rings. The smallest absolute Gasteiger partial charge is 0.281 e. The molecule has 0 aliphatic carbocycles. The molecular formula is C12H20N2O3S. The molecule has 18 heavy (non-hydrogen) atoms. The van der Waals surface area contributed by atoms with Gasteiger partial charge in [-0.05, 0) is 13.8 Å². The van der Waals surface area contributed by atoms with Crippen LogP contribution in [0.3, 0.4) is 0 Å². The molecule has 2 fully saturated rings. The molecule has 2 atom stereocenters. The Morgan fingerprint density at radius 2 is 2.06 bits per heavy atom. The fraction of sp³-hybridized carbons (Fsp3) is 0.833. The molecule has 0 N–H and O–H groups in total. The molecule has 0 aromatic carbocycles. The molecule has 2 aliphatic heterocycles. The number of nitrogens with zero attached hydrogens (tertiary/aromatic N) is 2. The van der Waals surface area contributed by atoms with Gasteiger partial charge in [0.05, 0.1) is 12.2 Å². The third-order valence-corrected chi connectivity index (χ3v) is 4.10. The van der Waals surface area contributed by atoms with Crippen LogP contribution in [0, 0.1) is 0 Å². The third-order valence-electron chi connectivity index (χ3n) is 3.21. The second kappa shape index (κ2) is 5.93. The van der Waals surface area contributed by atoms with E-state index >= 15 is 0 Å². The summed E-state index contributed by atoms with van der Waals surface area (Å²) in [6.07, 6.45) is 0.620. The van der Waals surface area contributed by atoms with Crippen LogP contribution in [0.5, 0.6) is 0 Å². The third kappa shape index (κ3) is 3.38. The topological polar surface area (TPSA) is 49.9 Å². The van der Waals surface area contributed by atoms with Gasteiger partial charge in [0, 0.05) is 38.4 Å². The number of ether oxygens (including phenoxy) is 1. The Morgan fingerprint density at radius 3 is 2.61 bits per heavy atom. The number of hydrogen-bond donors (Lipinski definition) is 0. The van der Waals surface area contributed by atoms with E-state index in [0.29, 0.717) is 26.1 Å². The molecule has 0 spiro atoms. The van der Waals surface area contributed by atoms with E-state index in [2.05, 4.69) is 0 Å². The predicted molar refractivity (Wildman–Crippen MR) is 70.6 cm³/mol. The summed E-state index contributed by atoms with van der Waals surface area (Å²) >= 11 is 1.34. The standard InChI is InChI=1S/C12H20N2O3S/c1-9-7-14(8-10(2)17-9)11(15)3-4-13-5-6-18-12(13)16/h9-10H,3-8H2,1-2H3/t9-,10-/m0/s1. The van der Waals surface area contributed by atoms with Crippen molar-refractivity contribution in [2.75, 3.05) is 31.9 Å². The van der Waals surface area contributed by atoms with Crippen molar-refractivity contribution in [3.8, 4) is 0 Å². The molecule has 102 valence electrons. The number of amides is 2. The summed E-state index contributed by atoms with van der Waals surface area (Å²) in [6.45, 7) is 6.60. The number of thioether (sulfide) groups is 1. The average molecular weight is 272 g/mol. The first-order chi connectivity index (χ1) is 8.56. The van der Waals surface area contributed by atoms with Crippen LogP contribution in [0.2, 0.25) is 0 Å². The predicted octanol–water partition coefficient (Wildman–Crippen LogP) is 1.18. The van der Waals surface area contributed by atoms with E-state index in [-0.39, 0.29) is 23.4 Å². The zero-order valence-electron chi connectivity index (χ0n) is 10.9. The second-order valence-corrected chi connectivity index (χ2v) is 5.95. The molecular weight excluding hydrogens is 252 g/mol. The lowest BCUT2D eigenvalue weighted by Gasteiger charge is -2.35. The van der Waals surface area contributed by atoms with E-state index < -0.39 is 0 Å². The van der Waals surface area contributed by atoms with Gasteiger partial charge in [0.25, 0.3) is 5.24 Å². The van der Waals surface area contributed by atoms with Gasteiger partial charge in [0.2, 0.25) is 5.91 Å². The molecule has 0 bridgehead atoms. The Kier molecular flexibility index (Phi) is 4.50. The second-order valence-electron chi connectivity index (χ2n) is 4.91. The van der Waals surface area contributed by atoms with Crippen molar-refractivity contribution in [1.29, 1.82) is 0 Å². The van der Waals surface area contributed by atoms with Gasteiger partial charge in [-0.3, -0.25) is 9.59 Å². The number of rotatable bonds is 3. The van der Waals surface area contributed by atoms with Crippen LogP contribution >= 0.6 is 11.8 Å². The molecule has 2 saturated heterocycles. The summed E-state index contributed by atoms with van der Waals surface area (Å²) in [5.41, 5.74) is 0. The maximum absolute atomic E-state index is 12.1. The lowest BCUT2D eigenvalue weighted by atomic mass is 10.2. The number of morpholine rings is 1. The zero-order valence-corrected chi connectivity index (χ0v) is 11.7. The van der Waals surface area contributed by atoms with Crippen LogP contribution in [0.1, 0.15) is 20.3 Å². The van der Waals surface area contributed by atoms with E-state index in [0.717, 1.165) is 12.3 Å². The van der Waals surface area contributed by atoms with Gasteiger partial charge in [0.1, 0.15) is 0 Å². The lowest BCUT2D eigenvalue weighted by Crippen LogP contribution is -2.48. The van der Waals surface area contributed by atoms with E-state index in [1.54, 1.807) is 4.90 Å². The van der Waals surface area contributed by atoms with Gasteiger partial charge < -0.3 is 14.5 Å². The van der Waals surface area contributed by atoms with Gasteiger partial charge in [0.15, 0.2) is 0 Å². The summed E-state index contributed by atoms with van der Waals surface area (Å²) in [7, 11) is 0. The number of carbonyl (C=O) groups excluding carboxylic acids is 2. The van der Waals surface area contributed by atoms with Crippen LogP contribution in [0.15, 0.2) is 0 Å². The van der Waals surface area contributed by atoms with Crippen LogP contribution in [0.25, 0.3) is 0 Å². The average Bonchev–Trinajstić information content (AvgIpc) is 2.70. The van der Waals surface area contributed by atoms with Gasteiger partial charge in [-0.15, -0.1) is 0 Å². The van der Waals surface area contributed by atoms with Crippen molar-refractivity contribution in [1.82, 2.24) is 9.80 Å². The zero-order chi connectivity index (χ0) is 13.1. The molecule has 2 rings (SSSR count). The Bertz CT molecular complexity index is 327. The minimum Gasteiger partial charge on any atom is -0.372 e. The SMILES string of the molecule is C[C@H]1CN(C(=O)CCN2CCSC2=O)C[C@H](C)O1. The largest absolute Gasteiger partial charge is 0.372 e. The maximum atomic E-state index is 12.1. The van der Waals surface area contributed by atoms with E-state index in [4.69, 9.17) is 4.74 Å². The summed E-state index contributed by atoms with van der Waals surface area (Å²) in [6, 6.07) is 0. The highest BCUT2D eigenvalue weighted by Gasteiger charge is 2.27. The molecule has 0 radical (unpaired) electrons. The lowest BCUT2D eigenvalue weighted by molar-refractivity contribution is -0.143. The van der Waals surface area contributed by atoms with Crippen LogP contribution in [0.4, 0.5) is 4.79 Å². The minimum atomic E-state index is 0.0988. The molecule has 6 heteroatoms. The minimum absolute atomic E-state index is 0.0988. The molecule has 2 amide bonds. The van der Waals surface area contributed by atoms with Gasteiger partial charge in [-0.25, -0.2) is 0 Å². The van der Waals surface area contributed by atoms with E-state index in [1.807, 2.05) is 18.7 Å². The fourth-order valence-electron chi connectivity index (χ4n) is 2.40. The molecule has 0 aromatic heterocycles. The Hall–Kier alpha value is -0.750. The normalized spacial score (nSPS) is 28.9. The highest BCUT2D eigenvalue weighted by molar-refractivity contribution is 8.13. The fourth-order valence-corrected chi connectivity index (χ4v) is 3.25. The van der Waals surface area contributed by atoms with Crippen LogP contribution < -0.4 is 0 Å². The van der Waals surface area contributed by atoms with Crippen molar-refractivity contribution in [2.45, 2.75) is 32.5 Å². The highest BCUT2D eigenvalue weighted by atomic mass is 32.2. The summed E-state index contributed by atoms with van der Waals surface area (Å²) in [4.78, 5) is 27.1. The van der Waals surface area contributed by atoms with Crippen molar-refractivity contribution in [2.24, 2.45) is 0 Å². The molecule has 0 aromatic rings. The van der Waals surface area contributed by atoms with Gasteiger partial charge in [-0.1, -0.05) is 11.8 Å². The first-order valence-corrected chi connectivity index (χ1v) is 7.39. The first kappa shape index (κ1) is 13.7. The number of hydrogen-bond acceptors (Lipinski definition) is 4. The van der Waals surface area contributed by atoms with Crippen LogP contribution in [-0.4, -0.2) is 65.1 Å². The molecule has 5 nitrogen and oxygen atoms in total. The first-order valence-electron chi connectivity index (χ1n) is 6.41. The van der Waals surface area contributed by atoms with Gasteiger partial charge in [-0.2, -0.15) is 0 Å². The van der Waals surface area contributed by atoms with Crippen molar-refractivity contribution >= 4 is 22.9 Å². The van der Waals surface area contributed by atoms with Crippen molar-refractivity contribution in [3.63, 3.8) is 0 Å². The maximum Gasteiger partial charge on any atom is 0.281 e. The summed E-state index contributed by atoms with van der Waals surface area (Å²) in [5.74, 6) is 0.972. The van der Waals surface area contributed by atoms with Crippen molar-refractivity contribution in [3.05, 3.63) is 0 Å². The van der Waals surface area contributed by atoms with Crippen LogP contribution in [-0.2, 0) is 9.53 Å². The summed E-state index contributed by atoms with van der Waals surface area (Å²) in [5, 5.41) is 0.103. The highest BCUT2D eigenvalue weighted by Crippen LogP contribution is 2.18. The number of carbonyl (C=O) groups is 2. The summed E-state index contributed by atoms with van der Waals surface area (Å²) < 4.78 is 5.60. The Labute approximate surface area is 112 Å². The van der Waals surface area contributed by atoms with Gasteiger partial charge >= 0.3 is 0 Å². The Balaban J connectivity index is 1.78. The van der Waals surface area contributed by atoms with E-state index in [1.165, 1.54) is 11.8 Å².